The number of carbonyl (C=O) groups excluding carboxylic acids is 1. The lowest BCUT2D eigenvalue weighted by Gasteiger charge is -2.61. The van der Waals surface area contributed by atoms with Crippen molar-refractivity contribution < 1.29 is 9.53 Å². The minimum Gasteiger partial charge on any atom is -0.444 e. The van der Waals surface area contributed by atoms with Crippen molar-refractivity contribution in [3.05, 3.63) is 0 Å². The number of nitrogens with two attached hydrogens (primary N) is 1. The van der Waals surface area contributed by atoms with Gasteiger partial charge in [0, 0.05) is 12.6 Å². The Labute approximate surface area is 122 Å². The van der Waals surface area contributed by atoms with E-state index < -0.39 is 5.60 Å². The molecule has 4 unspecified atom stereocenters. The molecule has 0 saturated heterocycles. The van der Waals surface area contributed by atoms with Crippen molar-refractivity contribution in [3.63, 3.8) is 0 Å². The summed E-state index contributed by atoms with van der Waals surface area (Å²) in [5.41, 5.74) is 5.86. The first kappa shape index (κ1) is 15.6. The van der Waals surface area contributed by atoms with Crippen LogP contribution < -0.4 is 11.1 Å². The van der Waals surface area contributed by atoms with Crippen LogP contribution in [-0.4, -0.2) is 24.3 Å². The summed E-state index contributed by atoms with van der Waals surface area (Å²) in [5.74, 6) is 2.04. The summed E-state index contributed by atoms with van der Waals surface area (Å²) in [7, 11) is 0. The van der Waals surface area contributed by atoms with E-state index in [0.717, 1.165) is 5.92 Å². The van der Waals surface area contributed by atoms with Crippen LogP contribution in [0.2, 0.25) is 0 Å². The summed E-state index contributed by atoms with van der Waals surface area (Å²) in [6, 6.07) is 0.0374. The lowest BCUT2D eigenvalue weighted by atomic mass is 9.44. The highest BCUT2D eigenvalue weighted by atomic mass is 16.6. The maximum Gasteiger partial charge on any atom is 0.407 e. The molecule has 3 aliphatic rings. The predicted octanol–water partition coefficient (Wildman–Crippen LogP) is 2.91. The normalized spacial score (nSPS) is 33.0. The molecule has 3 fully saturated rings. The summed E-state index contributed by atoms with van der Waals surface area (Å²) < 4.78 is 5.36. The maximum absolute atomic E-state index is 12.0. The second kappa shape index (κ2) is 5.21. The third-order valence-electron chi connectivity index (χ3n) is 5.38. The molecule has 1 amide bonds. The van der Waals surface area contributed by atoms with Gasteiger partial charge in [-0.05, 0) is 63.2 Å². The number of fused-ring (bicyclic) bond motifs is 2. The van der Waals surface area contributed by atoms with Crippen LogP contribution in [0.1, 0.15) is 53.9 Å². The Morgan fingerprint density at radius 2 is 2.05 bits per heavy atom. The van der Waals surface area contributed by atoms with E-state index in [1.165, 1.54) is 19.3 Å². The first-order chi connectivity index (χ1) is 9.15. The summed E-state index contributed by atoms with van der Waals surface area (Å²) in [6.07, 6.45) is 3.40. The molecule has 4 heteroatoms. The highest BCUT2D eigenvalue weighted by Crippen LogP contribution is 2.61. The van der Waals surface area contributed by atoms with E-state index in [2.05, 4.69) is 19.2 Å². The van der Waals surface area contributed by atoms with Crippen molar-refractivity contribution in [3.8, 4) is 0 Å². The quantitative estimate of drug-likeness (QED) is 0.836. The molecule has 3 aliphatic carbocycles. The monoisotopic (exact) mass is 282 g/mol. The molecule has 0 heterocycles. The zero-order valence-electron chi connectivity index (χ0n) is 13.5. The molecule has 116 valence electrons. The Balaban J connectivity index is 1.97. The number of hydrogen-bond donors (Lipinski definition) is 2. The standard InChI is InChI=1S/C16H30N2O2/c1-15(2,3)20-14(19)18-13(9-17)11-7-6-10-8-12(11)16(10,4)5/h10-13H,6-9,17H2,1-5H3,(H,18,19). The number of rotatable bonds is 3. The average Bonchev–Trinajstić information content (AvgIpc) is 2.33. The zero-order valence-corrected chi connectivity index (χ0v) is 13.5. The van der Waals surface area contributed by atoms with Crippen LogP contribution in [-0.2, 0) is 4.74 Å². The maximum atomic E-state index is 12.0. The molecule has 0 aromatic carbocycles. The van der Waals surface area contributed by atoms with E-state index in [9.17, 15) is 4.79 Å². The van der Waals surface area contributed by atoms with E-state index in [1.807, 2.05) is 20.8 Å². The van der Waals surface area contributed by atoms with Crippen LogP contribution in [0.3, 0.4) is 0 Å². The lowest BCUT2D eigenvalue weighted by molar-refractivity contribution is -0.113. The SMILES string of the molecule is CC(C)(C)OC(=O)NC(CN)C1CCC2CC1C2(C)C. The third-order valence-corrected chi connectivity index (χ3v) is 5.38. The largest absolute Gasteiger partial charge is 0.444 e. The molecule has 4 atom stereocenters. The first-order valence-corrected chi connectivity index (χ1v) is 7.84. The van der Waals surface area contributed by atoms with Crippen molar-refractivity contribution >= 4 is 6.09 Å². The number of ether oxygens (including phenoxy) is 1. The molecule has 0 aliphatic heterocycles. The van der Waals surface area contributed by atoms with Crippen LogP contribution in [0.15, 0.2) is 0 Å². The second-order valence-electron chi connectivity index (χ2n) is 8.09. The molecule has 0 radical (unpaired) electrons. The summed E-state index contributed by atoms with van der Waals surface area (Å²) in [5, 5.41) is 3.00. The predicted molar refractivity (Wildman–Crippen MR) is 80.3 cm³/mol. The van der Waals surface area contributed by atoms with Gasteiger partial charge in [-0.2, -0.15) is 0 Å². The van der Waals surface area contributed by atoms with Crippen molar-refractivity contribution in [1.29, 1.82) is 0 Å². The average molecular weight is 282 g/mol. The van der Waals surface area contributed by atoms with Gasteiger partial charge >= 0.3 is 6.09 Å². The smallest absolute Gasteiger partial charge is 0.407 e. The molecular formula is C16H30N2O2. The van der Waals surface area contributed by atoms with Crippen LogP contribution in [0.5, 0.6) is 0 Å². The van der Waals surface area contributed by atoms with Crippen molar-refractivity contribution in [1.82, 2.24) is 5.32 Å². The van der Waals surface area contributed by atoms with Gasteiger partial charge in [0.05, 0.1) is 0 Å². The van der Waals surface area contributed by atoms with Crippen LogP contribution in [0.25, 0.3) is 0 Å². The zero-order chi connectivity index (χ0) is 15.1. The van der Waals surface area contributed by atoms with Gasteiger partial charge in [0.25, 0.3) is 0 Å². The molecular weight excluding hydrogens is 252 g/mol. The molecule has 0 aromatic rings. The van der Waals surface area contributed by atoms with E-state index in [1.54, 1.807) is 0 Å². The fourth-order valence-electron chi connectivity index (χ4n) is 4.15. The Hall–Kier alpha value is -0.770. The van der Waals surface area contributed by atoms with Crippen LogP contribution in [0.4, 0.5) is 4.79 Å². The molecule has 0 spiro atoms. The summed E-state index contributed by atoms with van der Waals surface area (Å²) >= 11 is 0. The highest BCUT2D eigenvalue weighted by Gasteiger charge is 2.55. The second-order valence-corrected chi connectivity index (χ2v) is 8.09. The van der Waals surface area contributed by atoms with Crippen LogP contribution in [0, 0.1) is 23.2 Å². The van der Waals surface area contributed by atoms with Crippen molar-refractivity contribution in [2.45, 2.75) is 65.5 Å². The Morgan fingerprint density at radius 1 is 1.40 bits per heavy atom. The summed E-state index contributed by atoms with van der Waals surface area (Å²) in [4.78, 5) is 12.0. The molecule has 3 N–H and O–H groups in total. The Morgan fingerprint density at radius 3 is 2.50 bits per heavy atom. The molecule has 2 bridgehead atoms. The Bertz CT molecular complexity index is 371. The van der Waals surface area contributed by atoms with Crippen molar-refractivity contribution in [2.75, 3.05) is 6.54 Å². The Kier molecular flexibility index (Phi) is 4.07. The molecule has 3 rings (SSSR count). The van der Waals surface area contributed by atoms with Gasteiger partial charge in [-0.3, -0.25) is 0 Å². The molecule has 3 saturated carbocycles. The van der Waals surface area contributed by atoms with Gasteiger partial charge in [-0.25, -0.2) is 4.79 Å². The van der Waals surface area contributed by atoms with E-state index in [4.69, 9.17) is 10.5 Å². The van der Waals surface area contributed by atoms with Gasteiger partial charge < -0.3 is 15.8 Å². The topological polar surface area (TPSA) is 64.3 Å². The van der Waals surface area contributed by atoms with Gasteiger partial charge in [-0.1, -0.05) is 13.8 Å². The highest BCUT2D eigenvalue weighted by molar-refractivity contribution is 5.68. The third kappa shape index (κ3) is 2.95. The number of hydrogen-bond acceptors (Lipinski definition) is 3. The van der Waals surface area contributed by atoms with E-state index in [0.29, 0.717) is 23.8 Å². The minimum atomic E-state index is -0.462. The van der Waals surface area contributed by atoms with Gasteiger partial charge in [-0.15, -0.1) is 0 Å². The summed E-state index contributed by atoms with van der Waals surface area (Å²) in [6.45, 7) is 10.8. The fourth-order valence-corrected chi connectivity index (χ4v) is 4.15. The van der Waals surface area contributed by atoms with E-state index >= 15 is 0 Å². The number of alkyl carbamates (subject to hydrolysis) is 1. The number of nitrogens with one attached hydrogen (secondary N) is 1. The molecule has 20 heavy (non-hydrogen) atoms. The van der Waals surface area contributed by atoms with Crippen LogP contribution >= 0.6 is 0 Å². The van der Waals surface area contributed by atoms with Crippen molar-refractivity contribution in [2.24, 2.45) is 28.9 Å². The van der Waals surface area contributed by atoms with E-state index in [-0.39, 0.29) is 12.1 Å². The number of amides is 1. The fraction of sp³-hybridized carbons (Fsp3) is 0.938. The molecule has 0 aromatic heterocycles. The minimum absolute atomic E-state index is 0.0374. The molecule has 4 nitrogen and oxygen atoms in total. The van der Waals surface area contributed by atoms with Gasteiger partial charge in [0.15, 0.2) is 0 Å². The van der Waals surface area contributed by atoms with Gasteiger partial charge in [0.1, 0.15) is 5.60 Å². The number of carbonyl (C=O) groups is 1. The van der Waals surface area contributed by atoms with Gasteiger partial charge in [0.2, 0.25) is 0 Å². The first-order valence-electron chi connectivity index (χ1n) is 7.84. The lowest BCUT2D eigenvalue weighted by Crippen LogP contribution is -2.59.